The van der Waals surface area contributed by atoms with E-state index < -0.39 is 0 Å². The molecule has 0 bridgehead atoms. The molecule has 0 aromatic heterocycles. The average Bonchev–Trinajstić information content (AvgIpc) is 2.74. The first-order valence-corrected chi connectivity index (χ1v) is 9.76. The fourth-order valence-corrected chi connectivity index (χ4v) is 3.91. The number of hydrogen-bond acceptors (Lipinski definition) is 2. The van der Waals surface area contributed by atoms with Crippen molar-refractivity contribution in [3.8, 4) is 0 Å². The van der Waals surface area contributed by atoms with Crippen LogP contribution in [-0.2, 0) is 0 Å². The number of amidine groups is 1. The van der Waals surface area contributed by atoms with Crippen LogP contribution in [0.2, 0.25) is 0 Å². The lowest BCUT2D eigenvalue weighted by Gasteiger charge is -2.27. The van der Waals surface area contributed by atoms with E-state index in [1.807, 2.05) is 6.07 Å². The Balaban J connectivity index is 1.73. The Kier molecular flexibility index (Phi) is 4.02. The van der Waals surface area contributed by atoms with E-state index in [0.717, 1.165) is 21.6 Å². The van der Waals surface area contributed by atoms with Crippen molar-refractivity contribution < 1.29 is 0 Å². The molecule has 0 fully saturated rings. The standard InChI is InChI=1S/C24H17BrN2/c25-19-13-10-18(11-14-19)24-26-22(17-7-2-1-3-8-17)21-15-12-16-6-4-5-9-20(16)23(21)27-24/h1-15,22H,(H,26,27). The van der Waals surface area contributed by atoms with Gasteiger partial charge >= 0.3 is 0 Å². The molecule has 0 radical (unpaired) electrons. The zero-order chi connectivity index (χ0) is 18.2. The van der Waals surface area contributed by atoms with Gasteiger partial charge in [-0.2, -0.15) is 0 Å². The molecule has 1 aliphatic heterocycles. The van der Waals surface area contributed by atoms with Crippen LogP contribution in [0.15, 0.2) is 100 Å². The van der Waals surface area contributed by atoms with E-state index in [2.05, 4.69) is 106 Å². The van der Waals surface area contributed by atoms with Crippen LogP contribution in [0, 0.1) is 0 Å². The summed E-state index contributed by atoms with van der Waals surface area (Å²) in [5.74, 6) is 0.903. The molecule has 5 rings (SSSR count). The molecule has 130 valence electrons. The third kappa shape index (κ3) is 2.94. The fraction of sp³-hybridized carbons (Fsp3) is 0.0417. The summed E-state index contributed by atoms with van der Waals surface area (Å²) in [6, 6.07) is 31.6. The molecule has 0 saturated carbocycles. The molecule has 1 heterocycles. The molecular formula is C24H17BrN2. The minimum Gasteiger partial charge on any atom is -0.339 e. The van der Waals surface area contributed by atoms with Gasteiger partial charge in [0.25, 0.3) is 0 Å². The van der Waals surface area contributed by atoms with E-state index in [9.17, 15) is 0 Å². The molecule has 1 aliphatic rings. The van der Waals surface area contributed by atoms with E-state index in [0.29, 0.717) is 0 Å². The van der Waals surface area contributed by atoms with Gasteiger partial charge in [-0.3, -0.25) is 4.99 Å². The molecule has 4 aromatic carbocycles. The first kappa shape index (κ1) is 16.3. The first-order valence-electron chi connectivity index (χ1n) is 8.97. The van der Waals surface area contributed by atoms with Crippen LogP contribution >= 0.6 is 15.9 Å². The van der Waals surface area contributed by atoms with E-state index in [1.54, 1.807) is 0 Å². The Morgan fingerprint density at radius 2 is 1.48 bits per heavy atom. The smallest absolute Gasteiger partial charge is 0.133 e. The summed E-state index contributed by atoms with van der Waals surface area (Å²) in [4.78, 5) is 5.09. The second-order valence-electron chi connectivity index (χ2n) is 6.67. The molecule has 4 aromatic rings. The SMILES string of the molecule is Brc1ccc(C2=NC(c3ccccc3)c3ccc4ccccc4c3N2)cc1. The highest BCUT2D eigenvalue weighted by Crippen LogP contribution is 2.40. The fourth-order valence-electron chi connectivity index (χ4n) is 3.65. The molecular weight excluding hydrogens is 396 g/mol. The number of halogens is 1. The van der Waals surface area contributed by atoms with E-state index >= 15 is 0 Å². The number of hydrogen-bond donors (Lipinski definition) is 1. The zero-order valence-corrected chi connectivity index (χ0v) is 16.1. The van der Waals surface area contributed by atoms with Crippen LogP contribution in [-0.4, -0.2) is 5.84 Å². The molecule has 0 aliphatic carbocycles. The Bertz CT molecular complexity index is 1150. The Morgan fingerprint density at radius 3 is 2.30 bits per heavy atom. The molecule has 0 amide bonds. The number of nitrogens with one attached hydrogen (secondary N) is 1. The number of benzene rings is 4. The van der Waals surface area contributed by atoms with E-state index in [4.69, 9.17) is 4.99 Å². The van der Waals surface area contributed by atoms with Crippen LogP contribution in [0.25, 0.3) is 10.8 Å². The molecule has 1 N–H and O–H groups in total. The summed E-state index contributed by atoms with van der Waals surface area (Å²) >= 11 is 3.52. The van der Waals surface area contributed by atoms with Crippen molar-refractivity contribution in [2.75, 3.05) is 5.32 Å². The lowest BCUT2D eigenvalue weighted by Crippen LogP contribution is -2.22. The maximum Gasteiger partial charge on any atom is 0.133 e. The highest BCUT2D eigenvalue weighted by atomic mass is 79.9. The second kappa shape index (κ2) is 6.67. The van der Waals surface area contributed by atoms with Crippen molar-refractivity contribution in [1.29, 1.82) is 0 Å². The van der Waals surface area contributed by atoms with Gasteiger partial charge in [-0.05, 0) is 23.1 Å². The van der Waals surface area contributed by atoms with Crippen LogP contribution in [0.5, 0.6) is 0 Å². The van der Waals surface area contributed by atoms with Crippen molar-refractivity contribution in [3.05, 3.63) is 112 Å². The van der Waals surface area contributed by atoms with Crippen molar-refractivity contribution in [3.63, 3.8) is 0 Å². The monoisotopic (exact) mass is 412 g/mol. The van der Waals surface area contributed by atoms with Crippen molar-refractivity contribution in [2.45, 2.75) is 6.04 Å². The summed E-state index contributed by atoms with van der Waals surface area (Å²) in [5, 5.41) is 6.06. The highest BCUT2D eigenvalue weighted by Gasteiger charge is 2.25. The van der Waals surface area contributed by atoms with E-state index in [1.165, 1.54) is 21.9 Å². The van der Waals surface area contributed by atoms with Gasteiger partial charge in [-0.15, -0.1) is 0 Å². The van der Waals surface area contributed by atoms with Crippen molar-refractivity contribution in [1.82, 2.24) is 0 Å². The number of aliphatic imine (C=N–C) groups is 1. The van der Waals surface area contributed by atoms with Crippen LogP contribution in [0.1, 0.15) is 22.7 Å². The normalized spacial score (nSPS) is 15.7. The van der Waals surface area contributed by atoms with Gasteiger partial charge in [-0.25, -0.2) is 0 Å². The molecule has 1 atom stereocenters. The predicted molar refractivity (Wildman–Crippen MR) is 117 cm³/mol. The van der Waals surface area contributed by atoms with Gasteiger partial charge in [0.05, 0.1) is 5.69 Å². The lowest BCUT2D eigenvalue weighted by atomic mass is 9.92. The van der Waals surface area contributed by atoms with Gasteiger partial charge in [0.15, 0.2) is 0 Å². The maximum absolute atomic E-state index is 5.09. The number of rotatable bonds is 2. The second-order valence-corrected chi connectivity index (χ2v) is 7.59. The van der Waals surface area contributed by atoms with E-state index in [-0.39, 0.29) is 6.04 Å². The summed E-state index contributed by atoms with van der Waals surface area (Å²) < 4.78 is 1.06. The topological polar surface area (TPSA) is 24.4 Å². The van der Waals surface area contributed by atoms with Gasteiger partial charge in [-0.1, -0.05) is 94.8 Å². The minimum absolute atomic E-state index is 0.0225. The number of fused-ring (bicyclic) bond motifs is 3. The average molecular weight is 413 g/mol. The van der Waals surface area contributed by atoms with Gasteiger partial charge in [0, 0.05) is 21.0 Å². The molecule has 27 heavy (non-hydrogen) atoms. The Labute approximate surface area is 166 Å². The van der Waals surface area contributed by atoms with Gasteiger partial charge < -0.3 is 5.32 Å². The van der Waals surface area contributed by atoms with Crippen molar-refractivity contribution in [2.24, 2.45) is 4.99 Å². The third-order valence-electron chi connectivity index (χ3n) is 4.99. The molecule has 1 unspecified atom stereocenters. The maximum atomic E-state index is 5.09. The van der Waals surface area contributed by atoms with Crippen molar-refractivity contribution >= 4 is 38.2 Å². The Hall–Kier alpha value is -2.91. The largest absolute Gasteiger partial charge is 0.339 e. The molecule has 0 saturated heterocycles. The first-order chi connectivity index (χ1) is 13.3. The number of nitrogens with zero attached hydrogens (tertiary/aromatic N) is 1. The zero-order valence-electron chi connectivity index (χ0n) is 14.6. The quantitative estimate of drug-likeness (QED) is 0.395. The summed E-state index contributed by atoms with van der Waals surface area (Å²) in [6.45, 7) is 0. The summed E-state index contributed by atoms with van der Waals surface area (Å²) in [6.07, 6.45) is 0. The van der Waals surface area contributed by atoms with Crippen LogP contribution in [0.4, 0.5) is 5.69 Å². The number of anilines is 1. The minimum atomic E-state index is -0.0225. The molecule has 3 heteroatoms. The highest BCUT2D eigenvalue weighted by molar-refractivity contribution is 9.10. The Morgan fingerprint density at radius 1 is 0.741 bits per heavy atom. The van der Waals surface area contributed by atoms with Gasteiger partial charge in [0.1, 0.15) is 11.9 Å². The summed E-state index contributed by atoms with van der Waals surface area (Å²) in [7, 11) is 0. The van der Waals surface area contributed by atoms with Crippen LogP contribution in [0.3, 0.4) is 0 Å². The summed E-state index contributed by atoms with van der Waals surface area (Å²) in [5.41, 5.74) is 4.64. The van der Waals surface area contributed by atoms with Crippen LogP contribution < -0.4 is 5.32 Å². The predicted octanol–water partition coefficient (Wildman–Crippen LogP) is 6.56. The van der Waals surface area contributed by atoms with Gasteiger partial charge in [0.2, 0.25) is 0 Å². The molecule has 0 spiro atoms. The third-order valence-corrected chi connectivity index (χ3v) is 5.52. The lowest BCUT2D eigenvalue weighted by molar-refractivity contribution is 0.865. The molecule has 2 nitrogen and oxygen atoms in total.